The van der Waals surface area contributed by atoms with Gasteiger partial charge in [-0.3, -0.25) is 9.59 Å². The van der Waals surface area contributed by atoms with Gasteiger partial charge in [0, 0.05) is 22.7 Å². The molecule has 34 heavy (non-hydrogen) atoms. The number of anilines is 1. The standard InChI is InChI=1S/C26H26FN5O2/c1-15(2)32-24-20(14-28-32)13-23(17(4)29-24)26(34)30-16(3)18-7-11-22(12-8-18)31-25(33)19-5-9-21(27)10-6-19/h5-16H,1-4H3,(H,30,34)(H,31,33). The summed E-state index contributed by atoms with van der Waals surface area (Å²) in [6, 6.07) is 14.3. The lowest BCUT2D eigenvalue weighted by molar-refractivity contribution is 0.0938. The number of nitrogens with one attached hydrogen (secondary N) is 2. The van der Waals surface area contributed by atoms with Crippen LogP contribution in [0, 0.1) is 12.7 Å². The van der Waals surface area contributed by atoms with E-state index in [1.807, 2.05) is 50.6 Å². The minimum atomic E-state index is -0.395. The smallest absolute Gasteiger partial charge is 0.255 e. The number of aromatic nitrogens is 3. The summed E-state index contributed by atoms with van der Waals surface area (Å²) in [6.07, 6.45) is 1.72. The number of amides is 2. The van der Waals surface area contributed by atoms with Gasteiger partial charge in [-0.2, -0.15) is 5.10 Å². The minimum Gasteiger partial charge on any atom is -0.345 e. The maximum Gasteiger partial charge on any atom is 0.255 e. The van der Waals surface area contributed by atoms with Gasteiger partial charge in [-0.25, -0.2) is 14.1 Å². The van der Waals surface area contributed by atoms with Crippen LogP contribution in [0.25, 0.3) is 11.0 Å². The summed E-state index contributed by atoms with van der Waals surface area (Å²) >= 11 is 0. The molecule has 7 nitrogen and oxygen atoms in total. The molecule has 0 aliphatic heterocycles. The molecule has 0 aliphatic carbocycles. The largest absolute Gasteiger partial charge is 0.345 e. The summed E-state index contributed by atoms with van der Waals surface area (Å²) in [4.78, 5) is 29.9. The Balaban J connectivity index is 1.43. The molecule has 2 N–H and O–H groups in total. The average molecular weight is 460 g/mol. The van der Waals surface area contributed by atoms with Crippen molar-refractivity contribution in [3.8, 4) is 0 Å². The van der Waals surface area contributed by atoms with Crippen LogP contribution >= 0.6 is 0 Å². The molecule has 8 heteroatoms. The summed E-state index contributed by atoms with van der Waals surface area (Å²) < 4.78 is 14.9. The van der Waals surface area contributed by atoms with Gasteiger partial charge in [-0.05, 0) is 75.7 Å². The van der Waals surface area contributed by atoms with E-state index in [9.17, 15) is 14.0 Å². The number of hydrogen-bond acceptors (Lipinski definition) is 4. The quantitative estimate of drug-likeness (QED) is 0.415. The molecule has 1 unspecified atom stereocenters. The van der Waals surface area contributed by atoms with Crippen molar-refractivity contribution in [3.05, 3.63) is 89.0 Å². The molecule has 174 valence electrons. The molecule has 4 rings (SSSR count). The Labute approximate surface area is 197 Å². The molecule has 2 aromatic carbocycles. The number of nitrogens with zero attached hydrogens (tertiary/aromatic N) is 3. The van der Waals surface area contributed by atoms with Crippen molar-refractivity contribution in [2.45, 2.75) is 39.8 Å². The molecule has 2 aromatic heterocycles. The van der Waals surface area contributed by atoms with Crippen LogP contribution < -0.4 is 10.6 Å². The number of aryl methyl sites for hydroxylation is 1. The molecule has 0 radical (unpaired) electrons. The number of pyridine rings is 1. The third-order valence-corrected chi connectivity index (χ3v) is 5.62. The van der Waals surface area contributed by atoms with Crippen LogP contribution in [0.1, 0.15) is 64.8 Å². The van der Waals surface area contributed by atoms with E-state index in [1.54, 1.807) is 18.3 Å². The van der Waals surface area contributed by atoms with E-state index in [-0.39, 0.29) is 23.9 Å². The Kier molecular flexibility index (Phi) is 6.40. The molecule has 0 saturated carbocycles. The van der Waals surface area contributed by atoms with Gasteiger partial charge in [-0.15, -0.1) is 0 Å². The molecule has 0 fully saturated rings. The first-order chi connectivity index (χ1) is 16.2. The molecule has 2 heterocycles. The van der Waals surface area contributed by atoms with Crippen molar-refractivity contribution in [2.24, 2.45) is 0 Å². The Bertz CT molecular complexity index is 1340. The summed E-state index contributed by atoms with van der Waals surface area (Å²) in [5.74, 6) is -0.938. The molecule has 2 amide bonds. The van der Waals surface area contributed by atoms with Crippen LogP contribution in [-0.2, 0) is 0 Å². The zero-order valence-electron chi connectivity index (χ0n) is 19.5. The third-order valence-electron chi connectivity index (χ3n) is 5.62. The molecular formula is C26H26FN5O2. The number of rotatable bonds is 6. The number of halogens is 1. The predicted molar refractivity (Wildman–Crippen MR) is 129 cm³/mol. The van der Waals surface area contributed by atoms with E-state index >= 15 is 0 Å². The van der Waals surface area contributed by atoms with Crippen LogP contribution in [-0.4, -0.2) is 26.6 Å². The fraction of sp³-hybridized carbons (Fsp3) is 0.231. The summed E-state index contributed by atoms with van der Waals surface area (Å²) in [5.41, 5.74) is 3.75. The molecule has 0 saturated heterocycles. The number of hydrogen-bond donors (Lipinski definition) is 2. The SMILES string of the molecule is Cc1nc2c(cnn2C(C)C)cc1C(=O)NC(C)c1ccc(NC(=O)c2ccc(F)cc2)cc1. The molecule has 0 bridgehead atoms. The third kappa shape index (κ3) is 4.80. The van der Waals surface area contributed by atoms with Crippen LogP contribution in [0.2, 0.25) is 0 Å². The van der Waals surface area contributed by atoms with E-state index < -0.39 is 5.82 Å². The highest BCUT2D eigenvalue weighted by atomic mass is 19.1. The van der Waals surface area contributed by atoms with Crippen LogP contribution in [0.15, 0.2) is 60.8 Å². The van der Waals surface area contributed by atoms with Gasteiger partial charge < -0.3 is 10.6 Å². The first kappa shape index (κ1) is 23.1. The van der Waals surface area contributed by atoms with Crippen molar-refractivity contribution in [2.75, 3.05) is 5.32 Å². The van der Waals surface area contributed by atoms with Crippen molar-refractivity contribution in [1.82, 2.24) is 20.1 Å². The maximum atomic E-state index is 13.0. The van der Waals surface area contributed by atoms with Gasteiger partial charge in [0.2, 0.25) is 0 Å². The van der Waals surface area contributed by atoms with Crippen molar-refractivity contribution in [1.29, 1.82) is 0 Å². The zero-order chi connectivity index (χ0) is 24.4. The topological polar surface area (TPSA) is 88.9 Å². The van der Waals surface area contributed by atoms with Gasteiger partial charge in [0.1, 0.15) is 5.82 Å². The Morgan fingerprint density at radius 2 is 1.65 bits per heavy atom. The van der Waals surface area contributed by atoms with E-state index in [2.05, 4.69) is 20.7 Å². The van der Waals surface area contributed by atoms with E-state index in [1.165, 1.54) is 24.3 Å². The van der Waals surface area contributed by atoms with Crippen molar-refractivity contribution < 1.29 is 14.0 Å². The van der Waals surface area contributed by atoms with Crippen LogP contribution in [0.3, 0.4) is 0 Å². The summed E-state index contributed by atoms with van der Waals surface area (Å²) in [7, 11) is 0. The van der Waals surface area contributed by atoms with E-state index in [0.717, 1.165) is 16.6 Å². The van der Waals surface area contributed by atoms with E-state index in [4.69, 9.17) is 0 Å². The number of carbonyl (C=O) groups is 2. The highest BCUT2D eigenvalue weighted by Crippen LogP contribution is 2.21. The monoisotopic (exact) mass is 459 g/mol. The summed E-state index contributed by atoms with van der Waals surface area (Å²) in [5, 5.41) is 11.0. The lowest BCUT2D eigenvalue weighted by Gasteiger charge is -2.16. The van der Waals surface area contributed by atoms with Gasteiger partial charge in [0.15, 0.2) is 5.65 Å². The highest BCUT2D eigenvalue weighted by Gasteiger charge is 2.17. The van der Waals surface area contributed by atoms with Gasteiger partial charge in [0.25, 0.3) is 11.8 Å². The number of benzene rings is 2. The zero-order valence-corrected chi connectivity index (χ0v) is 19.5. The van der Waals surface area contributed by atoms with Gasteiger partial charge >= 0.3 is 0 Å². The molecule has 0 spiro atoms. The lowest BCUT2D eigenvalue weighted by atomic mass is 10.1. The number of carbonyl (C=O) groups excluding carboxylic acids is 2. The van der Waals surface area contributed by atoms with Crippen LogP contribution in [0.4, 0.5) is 10.1 Å². The number of fused-ring (bicyclic) bond motifs is 1. The predicted octanol–water partition coefficient (Wildman–Crippen LogP) is 5.20. The second-order valence-corrected chi connectivity index (χ2v) is 8.50. The highest BCUT2D eigenvalue weighted by molar-refractivity contribution is 6.04. The fourth-order valence-electron chi connectivity index (χ4n) is 3.69. The minimum absolute atomic E-state index is 0.174. The van der Waals surface area contributed by atoms with E-state index in [0.29, 0.717) is 22.5 Å². The Hall–Kier alpha value is -4.07. The van der Waals surface area contributed by atoms with Gasteiger partial charge in [0.05, 0.1) is 23.5 Å². The Morgan fingerprint density at radius 3 is 2.29 bits per heavy atom. The maximum absolute atomic E-state index is 13.0. The second-order valence-electron chi connectivity index (χ2n) is 8.50. The Morgan fingerprint density at radius 1 is 0.971 bits per heavy atom. The van der Waals surface area contributed by atoms with Crippen molar-refractivity contribution >= 4 is 28.5 Å². The molecule has 0 aliphatic rings. The average Bonchev–Trinajstić information content (AvgIpc) is 3.22. The molecular weight excluding hydrogens is 433 g/mol. The van der Waals surface area contributed by atoms with Crippen molar-refractivity contribution in [3.63, 3.8) is 0 Å². The normalized spacial score (nSPS) is 12.1. The fourth-order valence-corrected chi connectivity index (χ4v) is 3.69. The molecule has 1 atom stereocenters. The van der Waals surface area contributed by atoms with Gasteiger partial charge in [-0.1, -0.05) is 12.1 Å². The second kappa shape index (κ2) is 9.43. The first-order valence-corrected chi connectivity index (χ1v) is 11.1. The van der Waals surface area contributed by atoms with Crippen LogP contribution in [0.5, 0.6) is 0 Å². The summed E-state index contributed by atoms with van der Waals surface area (Å²) in [6.45, 7) is 7.77. The first-order valence-electron chi connectivity index (χ1n) is 11.1. The lowest BCUT2D eigenvalue weighted by Crippen LogP contribution is -2.27. The molecule has 4 aromatic rings.